The maximum absolute atomic E-state index is 5.28. The van der Waals surface area contributed by atoms with Gasteiger partial charge in [-0.15, -0.1) is 0 Å². The summed E-state index contributed by atoms with van der Waals surface area (Å²) in [4.78, 5) is 3.11. The Labute approximate surface area is 107 Å². The Morgan fingerprint density at radius 1 is 1.24 bits per heavy atom. The van der Waals surface area contributed by atoms with Crippen molar-refractivity contribution in [1.29, 1.82) is 0 Å². The number of nitrogens with one attached hydrogen (secondary N) is 1. The van der Waals surface area contributed by atoms with Gasteiger partial charge in [0.1, 0.15) is 0 Å². The quantitative estimate of drug-likeness (QED) is 0.797. The van der Waals surface area contributed by atoms with Crippen LogP contribution >= 0.6 is 12.2 Å². The summed E-state index contributed by atoms with van der Waals surface area (Å²) in [6.45, 7) is 3.16. The molecule has 1 N–H and O–H groups in total. The second-order valence-electron chi connectivity index (χ2n) is 4.18. The molecule has 2 rings (SSSR count). The van der Waals surface area contributed by atoms with E-state index in [1.807, 2.05) is 6.20 Å². The third-order valence-electron chi connectivity index (χ3n) is 3.01. The van der Waals surface area contributed by atoms with Crippen molar-refractivity contribution in [3.05, 3.63) is 52.6 Å². The molecule has 0 bridgehead atoms. The van der Waals surface area contributed by atoms with Crippen molar-refractivity contribution in [1.82, 2.24) is 9.55 Å². The number of hydrogen-bond donors (Lipinski definition) is 1. The van der Waals surface area contributed by atoms with Crippen LogP contribution in [0.25, 0.3) is 0 Å². The van der Waals surface area contributed by atoms with Gasteiger partial charge in [0.15, 0.2) is 4.77 Å². The maximum atomic E-state index is 5.28. The van der Waals surface area contributed by atoms with E-state index in [4.69, 9.17) is 12.2 Å². The predicted octanol–water partition coefficient (Wildman–Crippen LogP) is 3.74. The van der Waals surface area contributed by atoms with Crippen molar-refractivity contribution < 1.29 is 0 Å². The number of H-pyrrole nitrogens is 1. The molecule has 0 atom stereocenters. The summed E-state index contributed by atoms with van der Waals surface area (Å²) in [5.74, 6) is 0. The minimum absolute atomic E-state index is 0.843. The Morgan fingerprint density at radius 2 is 2.00 bits per heavy atom. The lowest BCUT2D eigenvalue weighted by Crippen LogP contribution is -2.03. The number of benzene rings is 1. The molecule has 0 aliphatic carbocycles. The molecule has 0 radical (unpaired) electrons. The van der Waals surface area contributed by atoms with E-state index < -0.39 is 0 Å². The van der Waals surface area contributed by atoms with Gasteiger partial charge in [0.2, 0.25) is 0 Å². The highest BCUT2D eigenvalue weighted by atomic mass is 32.1. The average molecular weight is 246 g/mol. The molecule has 0 aliphatic rings. The van der Waals surface area contributed by atoms with E-state index in [1.54, 1.807) is 0 Å². The molecule has 2 nitrogen and oxygen atoms in total. The van der Waals surface area contributed by atoms with Crippen molar-refractivity contribution in [2.75, 3.05) is 0 Å². The summed E-state index contributed by atoms with van der Waals surface area (Å²) >= 11 is 5.28. The van der Waals surface area contributed by atoms with Crippen molar-refractivity contribution >= 4 is 12.2 Å². The highest BCUT2D eigenvalue weighted by Crippen LogP contribution is 2.07. The van der Waals surface area contributed by atoms with Crippen LogP contribution in [0.1, 0.15) is 24.6 Å². The predicted molar refractivity (Wildman–Crippen MR) is 73.8 cm³/mol. The lowest BCUT2D eigenvalue weighted by atomic mass is 10.1. The smallest absolute Gasteiger partial charge is 0.177 e. The Balaban J connectivity index is 1.94. The fourth-order valence-electron chi connectivity index (χ4n) is 2.06. The molecule has 0 saturated heterocycles. The summed E-state index contributed by atoms with van der Waals surface area (Å²) in [6, 6.07) is 10.6. The first-order chi connectivity index (χ1) is 8.31. The Hall–Kier alpha value is -1.35. The van der Waals surface area contributed by atoms with Crippen molar-refractivity contribution in [2.24, 2.45) is 0 Å². The highest BCUT2D eigenvalue weighted by Gasteiger charge is 2.01. The second kappa shape index (κ2) is 5.82. The molecule has 17 heavy (non-hydrogen) atoms. The Kier molecular flexibility index (Phi) is 4.15. The SMILES string of the molecule is CCc1c[nH]c(=S)n1CCCc1ccccc1. The van der Waals surface area contributed by atoms with Gasteiger partial charge in [0.25, 0.3) is 0 Å². The minimum atomic E-state index is 0.843. The number of hydrogen-bond acceptors (Lipinski definition) is 1. The number of aromatic nitrogens is 2. The summed E-state index contributed by atoms with van der Waals surface area (Å²) in [5.41, 5.74) is 2.69. The topological polar surface area (TPSA) is 20.7 Å². The number of aryl methyl sites for hydroxylation is 2. The fraction of sp³-hybridized carbons (Fsp3) is 0.357. The largest absolute Gasteiger partial charge is 0.337 e. The van der Waals surface area contributed by atoms with Crippen LogP contribution in [-0.4, -0.2) is 9.55 Å². The van der Waals surface area contributed by atoms with Crippen LogP contribution in [0.4, 0.5) is 0 Å². The Bertz CT molecular complexity index is 511. The fourth-order valence-corrected chi connectivity index (χ4v) is 2.32. The van der Waals surface area contributed by atoms with E-state index in [0.29, 0.717) is 0 Å². The molecule has 1 aromatic heterocycles. The minimum Gasteiger partial charge on any atom is -0.337 e. The van der Waals surface area contributed by atoms with Gasteiger partial charge in [0.05, 0.1) is 0 Å². The van der Waals surface area contributed by atoms with Gasteiger partial charge < -0.3 is 9.55 Å². The molecular weight excluding hydrogens is 228 g/mol. The maximum Gasteiger partial charge on any atom is 0.177 e. The van der Waals surface area contributed by atoms with Crippen LogP contribution in [0.2, 0.25) is 0 Å². The van der Waals surface area contributed by atoms with Gasteiger partial charge in [-0.1, -0.05) is 37.3 Å². The third-order valence-corrected chi connectivity index (χ3v) is 3.34. The van der Waals surface area contributed by atoms with E-state index in [1.165, 1.54) is 11.3 Å². The zero-order valence-corrected chi connectivity index (χ0v) is 11.0. The third kappa shape index (κ3) is 3.07. The first-order valence-corrected chi connectivity index (χ1v) is 6.53. The molecule has 0 amide bonds. The van der Waals surface area contributed by atoms with Crippen molar-refractivity contribution in [2.45, 2.75) is 32.7 Å². The molecule has 0 aliphatic heterocycles. The van der Waals surface area contributed by atoms with E-state index in [2.05, 4.69) is 46.8 Å². The van der Waals surface area contributed by atoms with Crippen LogP contribution in [0.15, 0.2) is 36.5 Å². The molecule has 0 spiro atoms. The lowest BCUT2D eigenvalue weighted by Gasteiger charge is -2.06. The lowest BCUT2D eigenvalue weighted by molar-refractivity contribution is 0.613. The molecular formula is C14H18N2S. The van der Waals surface area contributed by atoms with Crippen LogP contribution in [0, 0.1) is 4.77 Å². The van der Waals surface area contributed by atoms with Gasteiger partial charge in [-0.05, 0) is 37.0 Å². The first kappa shape index (κ1) is 12.1. The van der Waals surface area contributed by atoms with E-state index >= 15 is 0 Å². The van der Waals surface area contributed by atoms with Gasteiger partial charge in [-0.25, -0.2) is 0 Å². The Morgan fingerprint density at radius 3 is 2.71 bits per heavy atom. The molecule has 2 aromatic rings. The van der Waals surface area contributed by atoms with Gasteiger partial charge in [-0.3, -0.25) is 0 Å². The molecule has 0 unspecified atom stereocenters. The molecule has 1 aromatic carbocycles. The zero-order chi connectivity index (χ0) is 12.1. The number of nitrogens with zero attached hydrogens (tertiary/aromatic N) is 1. The van der Waals surface area contributed by atoms with Crippen LogP contribution < -0.4 is 0 Å². The highest BCUT2D eigenvalue weighted by molar-refractivity contribution is 7.71. The first-order valence-electron chi connectivity index (χ1n) is 6.12. The van der Waals surface area contributed by atoms with E-state index in [0.717, 1.165) is 30.6 Å². The summed E-state index contributed by atoms with van der Waals surface area (Å²) in [6.07, 6.45) is 5.28. The normalized spacial score (nSPS) is 10.6. The second-order valence-corrected chi connectivity index (χ2v) is 4.57. The standard InChI is InChI=1S/C14H18N2S/c1-2-13-11-15-14(17)16(13)10-6-9-12-7-4-3-5-8-12/h3-5,7-8,11H,2,6,9-10H2,1H3,(H,15,17). The van der Waals surface area contributed by atoms with Crippen LogP contribution in [0.3, 0.4) is 0 Å². The van der Waals surface area contributed by atoms with Gasteiger partial charge in [-0.2, -0.15) is 0 Å². The monoisotopic (exact) mass is 246 g/mol. The van der Waals surface area contributed by atoms with Crippen molar-refractivity contribution in [3.63, 3.8) is 0 Å². The van der Waals surface area contributed by atoms with Crippen LogP contribution in [-0.2, 0) is 19.4 Å². The average Bonchev–Trinajstić information content (AvgIpc) is 2.72. The summed E-state index contributed by atoms with van der Waals surface area (Å²) in [7, 11) is 0. The number of imidazole rings is 1. The summed E-state index contributed by atoms with van der Waals surface area (Å²) < 4.78 is 3.05. The molecule has 3 heteroatoms. The molecule has 0 fully saturated rings. The summed E-state index contributed by atoms with van der Waals surface area (Å²) in [5, 5.41) is 0. The zero-order valence-electron chi connectivity index (χ0n) is 10.1. The molecule has 1 heterocycles. The van der Waals surface area contributed by atoms with Crippen LogP contribution in [0.5, 0.6) is 0 Å². The van der Waals surface area contributed by atoms with E-state index in [-0.39, 0.29) is 0 Å². The van der Waals surface area contributed by atoms with Crippen molar-refractivity contribution in [3.8, 4) is 0 Å². The number of aromatic amines is 1. The van der Waals surface area contributed by atoms with E-state index in [9.17, 15) is 0 Å². The van der Waals surface area contributed by atoms with Gasteiger partial charge in [0, 0.05) is 18.4 Å². The number of rotatable bonds is 5. The molecule has 0 saturated carbocycles. The van der Waals surface area contributed by atoms with Gasteiger partial charge >= 0.3 is 0 Å². The molecule has 90 valence electrons.